The summed E-state index contributed by atoms with van der Waals surface area (Å²) in [6.07, 6.45) is 2.06. The van der Waals surface area contributed by atoms with Crippen molar-refractivity contribution in [3.05, 3.63) is 69.6 Å². The van der Waals surface area contributed by atoms with Crippen LogP contribution in [0.4, 0.5) is 11.4 Å². The van der Waals surface area contributed by atoms with Crippen LogP contribution in [0.25, 0.3) is 0 Å². The van der Waals surface area contributed by atoms with Gasteiger partial charge in [0, 0.05) is 48.5 Å². The summed E-state index contributed by atoms with van der Waals surface area (Å²) in [5, 5.41) is 6.08. The fourth-order valence-electron chi connectivity index (χ4n) is 4.92. The lowest BCUT2D eigenvalue weighted by atomic mass is 9.84. The number of hydrazone groups is 1. The topological polar surface area (TPSA) is 34.4 Å². The molecule has 0 spiro atoms. The molecule has 164 valence electrons. The van der Waals surface area contributed by atoms with Gasteiger partial charge in [0.1, 0.15) is 0 Å². The molecule has 0 fully saturated rings. The van der Waals surface area contributed by atoms with Gasteiger partial charge >= 0.3 is 0 Å². The summed E-state index contributed by atoms with van der Waals surface area (Å²) in [4.78, 5) is 2.35. The second-order valence-electron chi connectivity index (χ2n) is 8.43. The van der Waals surface area contributed by atoms with E-state index in [0.717, 1.165) is 23.2 Å². The molecule has 5 nitrogen and oxygen atoms in total. The van der Waals surface area contributed by atoms with Crippen LogP contribution in [-0.2, 0) is 5.41 Å². The predicted molar refractivity (Wildman–Crippen MR) is 137 cm³/mol. The van der Waals surface area contributed by atoms with E-state index in [9.17, 15) is 0 Å². The number of likely N-dealkylation sites (N-methyl/N-ethyl adjacent to an activating group) is 1. The van der Waals surface area contributed by atoms with Gasteiger partial charge in [0.2, 0.25) is 0 Å². The van der Waals surface area contributed by atoms with Gasteiger partial charge in [0.25, 0.3) is 0 Å². The number of rotatable bonds is 4. The Balaban J connectivity index is 2.08. The van der Waals surface area contributed by atoms with E-state index in [-0.39, 0.29) is 5.41 Å². The van der Waals surface area contributed by atoms with E-state index >= 15 is 0 Å². The Morgan fingerprint density at radius 1 is 1.03 bits per heavy atom. The summed E-state index contributed by atoms with van der Waals surface area (Å²) in [7, 11) is 1.93. The highest BCUT2D eigenvalue weighted by Crippen LogP contribution is 2.69. The molecule has 0 amide bonds. The summed E-state index contributed by atoms with van der Waals surface area (Å²) in [5.74, 6) is 0. The van der Waals surface area contributed by atoms with E-state index in [2.05, 4.69) is 115 Å². The average Bonchev–Trinajstić information content (AvgIpc) is 3.16. The molecule has 4 rings (SSSR count). The van der Waals surface area contributed by atoms with E-state index in [1.54, 1.807) is 0 Å². The van der Waals surface area contributed by atoms with E-state index in [0.29, 0.717) is 0 Å². The normalized spacial score (nSPS) is 24.3. The van der Waals surface area contributed by atoms with Crippen molar-refractivity contribution in [3.8, 4) is 0 Å². The molecule has 1 unspecified atom stereocenters. The predicted octanol–water partition coefficient (Wildman–Crippen LogP) is 7.02. The van der Waals surface area contributed by atoms with Crippen LogP contribution in [0, 0.1) is 0 Å². The standard InChI is InChI=1S/C24H31BrN5P/c1-7-30(8-2)31(27-20-15-11-10-14-19(20)25)22(17-26-29(31)6)23-24(3,4)18-13-9-12-16-21(18)28(23)5/h9-17H,7-8H2,1-6H3. The monoisotopic (exact) mass is 499 g/mol. The first-order valence-electron chi connectivity index (χ1n) is 10.8. The fraction of sp³-hybridized carbons (Fsp3) is 0.375. The minimum absolute atomic E-state index is 0.139. The van der Waals surface area contributed by atoms with Gasteiger partial charge in [-0.2, -0.15) is 5.10 Å². The van der Waals surface area contributed by atoms with Crippen LogP contribution in [0.5, 0.6) is 0 Å². The molecule has 0 radical (unpaired) electrons. The van der Waals surface area contributed by atoms with Gasteiger partial charge in [-0.25, -0.2) is 14.2 Å². The van der Waals surface area contributed by atoms with Crippen LogP contribution in [-0.4, -0.2) is 42.8 Å². The van der Waals surface area contributed by atoms with Crippen LogP contribution in [0.2, 0.25) is 0 Å². The first-order chi connectivity index (χ1) is 14.8. The van der Waals surface area contributed by atoms with Crippen LogP contribution >= 0.6 is 23.3 Å². The second-order valence-corrected chi connectivity index (χ2v) is 12.2. The lowest BCUT2D eigenvalue weighted by molar-refractivity contribution is 0.452. The van der Waals surface area contributed by atoms with E-state index in [1.165, 1.54) is 22.3 Å². The average molecular weight is 500 g/mol. The molecule has 2 aliphatic rings. The summed E-state index contributed by atoms with van der Waals surface area (Å²) in [6.45, 7) is 10.9. The smallest absolute Gasteiger partial charge is 0.174 e. The molecular weight excluding hydrogens is 469 g/mol. The molecule has 7 heteroatoms. The Labute approximate surface area is 194 Å². The van der Waals surface area contributed by atoms with Gasteiger partial charge in [-0.15, -0.1) is 0 Å². The zero-order chi connectivity index (χ0) is 22.4. The lowest BCUT2D eigenvalue weighted by Gasteiger charge is -2.39. The van der Waals surface area contributed by atoms with Gasteiger partial charge in [-0.3, -0.25) is 0 Å². The molecule has 0 N–H and O–H groups in total. The van der Waals surface area contributed by atoms with Crippen molar-refractivity contribution in [3.63, 3.8) is 0 Å². The number of hydrogen-bond acceptors (Lipinski definition) is 3. The molecule has 2 aromatic rings. The molecule has 0 bridgehead atoms. The Morgan fingerprint density at radius 2 is 1.68 bits per heavy atom. The third-order valence-corrected chi connectivity index (χ3v) is 10.8. The highest BCUT2D eigenvalue weighted by Gasteiger charge is 2.47. The zero-order valence-corrected chi connectivity index (χ0v) is 21.7. The van der Waals surface area contributed by atoms with Gasteiger partial charge in [-0.1, -0.05) is 58.0 Å². The Kier molecular flexibility index (Phi) is 5.93. The highest BCUT2D eigenvalue weighted by molar-refractivity contribution is 9.10. The first kappa shape index (κ1) is 22.3. The number of benzene rings is 2. The number of para-hydroxylation sites is 1. The maximum Gasteiger partial charge on any atom is 0.174 e. The largest absolute Gasteiger partial charge is 0.346 e. The van der Waals surface area contributed by atoms with Gasteiger partial charge < -0.3 is 4.90 Å². The summed E-state index contributed by atoms with van der Waals surface area (Å²) >= 11 is 3.72. The molecule has 0 saturated heterocycles. The maximum absolute atomic E-state index is 5.51. The Hall–Kier alpha value is -1.88. The number of allylic oxidation sites excluding steroid dienone is 2. The lowest BCUT2D eigenvalue weighted by Crippen LogP contribution is -2.30. The molecule has 0 saturated carbocycles. The van der Waals surface area contributed by atoms with Crippen molar-refractivity contribution in [2.45, 2.75) is 33.1 Å². The fourth-order valence-corrected chi connectivity index (χ4v) is 9.16. The summed E-state index contributed by atoms with van der Waals surface area (Å²) in [6, 6.07) is 16.9. The quantitative estimate of drug-likeness (QED) is 0.423. The molecule has 1 atom stereocenters. The number of hydrogen-bond donors (Lipinski definition) is 0. The van der Waals surface area contributed by atoms with Gasteiger partial charge in [0.05, 0.1) is 17.2 Å². The van der Waals surface area contributed by atoms with Crippen molar-refractivity contribution < 1.29 is 0 Å². The minimum Gasteiger partial charge on any atom is -0.346 e. The molecule has 0 aliphatic carbocycles. The number of nitrogens with zero attached hydrogens (tertiary/aromatic N) is 5. The summed E-state index contributed by atoms with van der Waals surface area (Å²) in [5.41, 5.74) is 4.73. The Morgan fingerprint density at radius 3 is 2.32 bits per heavy atom. The SMILES string of the molecule is CCN(CC)P1(=Nc2ccccc2Br)C(=C2N(C)c3ccccc3C2(C)C)C=NN1C. The van der Waals surface area contributed by atoms with Crippen LogP contribution in [0.15, 0.2) is 73.9 Å². The van der Waals surface area contributed by atoms with Gasteiger partial charge in [0.15, 0.2) is 7.36 Å². The van der Waals surface area contributed by atoms with Crippen molar-refractivity contribution in [1.29, 1.82) is 0 Å². The molecule has 2 aromatic carbocycles. The van der Waals surface area contributed by atoms with Crippen LogP contribution in [0.1, 0.15) is 33.3 Å². The van der Waals surface area contributed by atoms with Gasteiger partial charge in [-0.05, 0) is 39.7 Å². The second kappa shape index (κ2) is 8.23. The third-order valence-electron chi connectivity index (χ3n) is 6.41. The number of anilines is 1. The third kappa shape index (κ3) is 3.31. The number of halogens is 1. The molecule has 2 aliphatic heterocycles. The first-order valence-corrected chi connectivity index (χ1v) is 13.2. The Bertz CT molecular complexity index is 1120. The van der Waals surface area contributed by atoms with Crippen molar-refractivity contribution in [2.75, 3.05) is 32.1 Å². The van der Waals surface area contributed by atoms with Crippen molar-refractivity contribution >= 4 is 40.9 Å². The van der Waals surface area contributed by atoms with E-state index in [1.807, 2.05) is 12.1 Å². The minimum atomic E-state index is -2.32. The van der Waals surface area contributed by atoms with Crippen molar-refractivity contribution in [2.24, 2.45) is 9.85 Å². The van der Waals surface area contributed by atoms with E-state index in [4.69, 9.17) is 9.85 Å². The number of fused-ring (bicyclic) bond motifs is 1. The molecule has 31 heavy (non-hydrogen) atoms. The zero-order valence-electron chi connectivity index (χ0n) is 19.2. The molecule has 0 aromatic heterocycles. The molecular formula is C24H31BrN5P. The highest BCUT2D eigenvalue weighted by atomic mass is 79.9. The van der Waals surface area contributed by atoms with E-state index < -0.39 is 7.36 Å². The molecule has 2 heterocycles. The maximum atomic E-state index is 5.51. The summed E-state index contributed by atoms with van der Waals surface area (Å²) < 4.78 is 11.1. The van der Waals surface area contributed by atoms with Crippen LogP contribution < -0.4 is 4.90 Å². The van der Waals surface area contributed by atoms with Crippen LogP contribution in [0.3, 0.4) is 0 Å². The van der Waals surface area contributed by atoms with Crippen molar-refractivity contribution in [1.82, 2.24) is 9.45 Å².